The Morgan fingerprint density at radius 2 is 1.76 bits per heavy atom. The van der Waals surface area contributed by atoms with Gasteiger partial charge in [-0.1, -0.05) is 12.1 Å². The number of amides is 1. The van der Waals surface area contributed by atoms with Crippen molar-refractivity contribution < 1.29 is 19.4 Å². The first kappa shape index (κ1) is 16.3. The van der Waals surface area contributed by atoms with Gasteiger partial charge in [0.25, 0.3) is 11.5 Å². The van der Waals surface area contributed by atoms with Gasteiger partial charge in [0.15, 0.2) is 0 Å². The number of methoxy groups -OCH3 is 1. The Balaban J connectivity index is 1.92. The molecule has 3 N–H and O–H groups in total. The number of benzene rings is 2. The molecule has 0 saturated carbocycles. The molecule has 0 aliphatic heterocycles. The number of nitrogens with one attached hydrogen (secondary N) is 2. The monoisotopic (exact) mass is 338 g/mol. The van der Waals surface area contributed by atoms with Gasteiger partial charge in [-0.25, -0.2) is 4.79 Å². The molecule has 0 fully saturated rings. The summed E-state index contributed by atoms with van der Waals surface area (Å²) in [6, 6.07) is 12.6. The van der Waals surface area contributed by atoms with E-state index < -0.39 is 17.4 Å². The number of aromatic amines is 1. The van der Waals surface area contributed by atoms with E-state index in [2.05, 4.69) is 15.0 Å². The first-order chi connectivity index (χ1) is 12.0. The van der Waals surface area contributed by atoms with E-state index in [4.69, 9.17) is 0 Å². The van der Waals surface area contributed by atoms with E-state index in [0.717, 1.165) is 0 Å². The molecule has 0 atom stereocenters. The predicted molar refractivity (Wildman–Crippen MR) is 92.0 cm³/mol. The van der Waals surface area contributed by atoms with Crippen LogP contribution in [-0.4, -0.2) is 29.1 Å². The molecule has 7 nitrogen and oxygen atoms in total. The van der Waals surface area contributed by atoms with Gasteiger partial charge < -0.3 is 20.1 Å². The highest BCUT2D eigenvalue weighted by Crippen LogP contribution is 2.25. The maximum atomic E-state index is 12.4. The van der Waals surface area contributed by atoms with Crippen molar-refractivity contribution in [2.45, 2.75) is 0 Å². The van der Waals surface area contributed by atoms with E-state index >= 15 is 0 Å². The molecule has 0 aliphatic carbocycles. The number of aromatic hydroxyl groups is 1. The average Bonchev–Trinajstić information content (AvgIpc) is 2.61. The van der Waals surface area contributed by atoms with Crippen LogP contribution in [0.1, 0.15) is 20.7 Å². The number of aromatic nitrogens is 1. The van der Waals surface area contributed by atoms with Crippen LogP contribution >= 0.6 is 0 Å². The SMILES string of the molecule is COC(=O)c1ccc(NC(=O)c2c(O)c3ccccc3[nH]c2=O)cc1. The standard InChI is InChI=1S/C18H14N2O5/c1-25-18(24)10-6-8-11(9-7-10)19-16(22)14-15(21)12-4-2-3-5-13(12)20-17(14)23/h2-9H,1H3,(H,19,22)(H2,20,21,23). The number of fused-ring (bicyclic) bond motifs is 1. The van der Waals surface area contributed by atoms with Gasteiger partial charge in [0.1, 0.15) is 11.3 Å². The van der Waals surface area contributed by atoms with E-state index in [-0.39, 0.29) is 11.3 Å². The van der Waals surface area contributed by atoms with Crippen LogP contribution in [0, 0.1) is 0 Å². The first-order valence-electron chi connectivity index (χ1n) is 7.35. The molecule has 1 aromatic heterocycles. The lowest BCUT2D eigenvalue weighted by molar-refractivity contribution is 0.0600. The summed E-state index contributed by atoms with van der Waals surface area (Å²) in [7, 11) is 1.27. The number of H-pyrrole nitrogens is 1. The number of carbonyl (C=O) groups excluding carboxylic acids is 2. The molecule has 3 rings (SSSR count). The number of carbonyl (C=O) groups is 2. The third-order valence-electron chi connectivity index (χ3n) is 3.69. The van der Waals surface area contributed by atoms with Crippen LogP contribution in [0.4, 0.5) is 5.69 Å². The lowest BCUT2D eigenvalue weighted by atomic mass is 10.1. The molecule has 0 spiro atoms. The van der Waals surface area contributed by atoms with E-state index in [1.54, 1.807) is 24.3 Å². The lowest BCUT2D eigenvalue weighted by Crippen LogP contribution is -2.23. The van der Waals surface area contributed by atoms with Gasteiger partial charge in [0, 0.05) is 11.1 Å². The van der Waals surface area contributed by atoms with Crippen molar-refractivity contribution in [3.63, 3.8) is 0 Å². The molecule has 0 saturated heterocycles. The van der Waals surface area contributed by atoms with E-state index in [9.17, 15) is 19.5 Å². The van der Waals surface area contributed by atoms with Crippen LogP contribution in [0.5, 0.6) is 5.75 Å². The second-order valence-corrected chi connectivity index (χ2v) is 5.25. The summed E-state index contributed by atoms with van der Waals surface area (Å²) in [6.45, 7) is 0. The van der Waals surface area contributed by atoms with Crippen molar-refractivity contribution in [2.24, 2.45) is 0 Å². The number of rotatable bonds is 3. The fourth-order valence-corrected chi connectivity index (χ4v) is 2.44. The number of pyridine rings is 1. The number of anilines is 1. The number of hydrogen-bond acceptors (Lipinski definition) is 5. The van der Waals surface area contributed by atoms with Crippen molar-refractivity contribution in [3.8, 4) is 5.75 Å². The van der Waals surface area contributed by atoms with Crippen molar-refractivity contribution >= 4 is 28.5 Å². The molecule has 7 heteroatoms. The minimum atomic E-state index is -0.754. The summed E-state index contributed by atoms with van der Waals surface area (Å²) in [6.07, 6.45) is 0. The van der Waals surface area contributed by atoms with Crippen molar-refractivity contribution in [1.82, 2.24) is 4.98 Å². The Labute approximate surface area is 141 Å². The minimum absolute atomic E-state index is 0.326. The third-order valence-corrected chi connectivity index (χ3v) is 3.69. The second-order valence-electron chi connectivity index (χ2n) is 5.25. The molecule has 1 heterocycles. The molecule has 25 heavy (non-hydrogen) atoms. The maximum absolute atomic E-state index is 12.4. The zero-order chi connectivity index (χ0) is 18.0. The molecule has 0 unspecified atom stereocenters. The van der Waals surface area contributed by atoms with Gasteiger partial charge in [0.2, 0.25) is 0 Å². The third kappa shape index (κ3) is 3.07. The highest BCUT2D eigenvalue weighted by molar-refractivity contribution is 6.09. The molecule has 0 radical (unpaired) electrons. The molecule has 0 bridgehead atoms. The van der Waals surface area contributed by atoms with Gasteiger partial charge in [-0.3, -0.25) is 9.59 Å². The molecule has 1 amide bonds. The van der Waals surface area contributed by atoms with Gasteiger partial charge >= 0.3 is 5.97 Å². The van der Waals surface area contributed by atoms with Gasteiger partial charge in [-0.05, 0) is 36.4 Å². The molecule has 0 aliphatic rings. The summed E-state index contributed by atoms with van der Waals surface area (Å²) in [5.41, 5.74) is 0.0520. The molecule has 2 aromatic carbocycles. The van der Waals surface area contributed by atoms with Gasteiger partial charge in [-0.2, -0.15) is 0 Å². The second kappa shape index (κ2) is 6.48. The zero-order valence-corrected chi connectivity index (χ0v) is 13.2. The molecule has 126 valence electrons. The van der Waals surface area contributed by atoms with Crippen molar-refractivity contribution in [1.29, 1.82) is 0 Å². The van der Waals surface area contributed by atoms with E-state index in [1.165, 1.54) is 31.4 Å². The predicted octanol–water partition coefficient (Wildman–Crippen LogP) is 2.27. The van der Waals surface area contributed by atoms with E-state index in [0.29, 0.717) is 22.2 Å². The average molecular weight is 338 g/mol. The summed E-state index contributed by atoms with van der Waals surface area (Å²) in [4.78, 5) is 38.5. The van der Waals surface area contributed by atoms with Crippen LogP contribution < -0.4 is 10.9 Å². The molecule has 3 aromatic rings. The van der Waals surface area contributed by atoms with Crippen LogP contribution in [0.3, 0.4) is 0 Å². The summed E-state index contributed by atoms with van der Waals surface area (Å²) < 4.78 is 4.59. The Bertz CT molecular complexity index is 1020. The Morgan fingerprint density at radius 3 is 2.44 bits per heavy atom. The Morgan fingerprint density at radius 1 is 1.08 bits per heavy atom. The minimum Gasteiger partial charge on any atom is -0.506 e. The van der Waals surface area contributed by atoms with Gasteiger partial charge in [-0.15, -0.1) is 0 Å². The normalized spacial score (nSPS) is 10.4. The summed E-state index contributed by atoms with van der Waals surface area (Å²) in [5, 5.41) is 13.2. The summed E-state index contributed by atoms with van der Waals surface area (Å²) in [5.74, 6) is -1.64. The number of esters is 1. The van der Waals surface area contributed by atoms with Gasteiger partial charge in [0.05, 0.1) is 18.2 Å². The fraction of sp³-hybridized carbons (Fsp3) is 0.0556. The Hall–Kier alpha value is -3.61. The topological polar surface area (TPSA) is 108 Å². The van der Waals surface area contributed by atoms with Crippen molar-refractivity contribution in [2.75, 3.05) is 12.4 Å². The fourth-order valence-electron chi connectivity index (χ4n) is 2.44. The molecular weight excluding hydrogens is 324 g/mol. The number of hydrogen-bond donors (Lipinski definition) is 3. The first-order valence-corrected chi connectivity index (χ1v) is 7.35. The lowest BCUT2D eigenvalue weighted by Gasteiger charge is -2.09. The molecular formula is C18H14N2O5. The van der Waals surface area contributed by atoms with Crippen molar-refractivity contribution in [3.05, 3.63) is 70.0 Å². The largest absolute Gasteiger partial charge is 0.506 e. The quantitative estimate of drug-likeness (QED) is 0.635. The number of ether oxygens (including phenoxy) is 1. The number of para-hydroxylation sites is 1. The van der Waals surface area contributed by atoms with Crippen LogP contribution in [0.2, 0.25) is 0 Å². The summed E-state index contributed by atoms with van der Waals surface area (Å²) >= 11 is 0. The van der Waals surface area contributed by atoms with E-state index in [1.807, 2.05) is 0 Å². The van der Waals surface area contributed by atoms with Crippen LogP contribution in [0.15, 0.2) is 53.3 Å². The highest BCUT2D eigenvalue weighted by Gasteiger charge is 2.19. The smallest absolute Gasteiger partial charge is 0.337 e. The highest BCUT2D eigenvalue weighted by atomic mass is 16.5. The Kier molecular flexibility index (Phi) is 4.21. The zero-order valence-electron chi connectivity index (χ0n) is 13.2. The van der Waals surface area contributed by atoms with Crippen LogP contribution in [0.25, 0.3) is 10.9 Å². The maximum Gasteiger partial charge on any atom is 0.337 e. The van der Waals surface area contributed by atoms with Crippen LogP contribution in [-0.2, 0) is 4.74 Å².